The van der Waals surface area contributed by atoms with Gasteiger partial charge in [0, 0.05) is 13.0 Å². The van der Waals surface area contributed by atoms with Gasteiger partial charge in [-0.25, -0.2) is 0 Å². The van der Waals surface area contributed by atoms with Gasteiger partial charge < -0.3 is 14.8 Å². The largest absolute Gasteiger partial charge is 0.493 e. The topological polar surface area (TPSA) is 30.5 Å². The predicted octanol–water partition coefficient (Wildman–Crippen LogP) is 3.33. The van der Waals surface area contributed by atoms with Crippen molar-refractivity contribution in [2.75, 3.05) is 13.7 Å². The SMILES string of the molecule is CN/C(=C/OC(C)Br)C(C)COc1ccc(P)cc1C. The number of halogens is 1. The zero-order valence-electron chi connectivity index (χ0n) is 12.4. The van der Waals surface area contributed by atoms with E-state index in [1.165, 1.54) is 5.30 Å². The number of hydrogen-bond acceptors (Lipinski definition) is 3. The Morgan fingerprint density at radius 2 is 2.15 bits per heavy atom. The second kappa shape index (κ2) is 8.53. The summed E-state index contributed by atoms with van der Waals surface area (Å²) < 4.78 is 11.3. The van der Waals surface area contributed by atoms with Crippen LogP contribution in [0.15, 0.2) is 30.2 Å². The second-order valence-electron chi connectivity index (χ2n) is 4.74. The van der Waals surface area contributed by atoms with Gasteiger partial charge in [-0.2, -0.15) is 0 Å². The lowest BCUT2D eigenvalue weighted by Gasteiger charge is -2.18. The third-order valence-corrected chi connectivity index (χ3v) is 3.46. The summed E-state index contributed by atoms with van der Waals surface area (Å²) in [6, 6.07) is 6.13. The van der Waals surface area contributed by atoms with E-state index in [-0.39, 0.29) is 10.9 Å². The Balaban J connectivity index is 2.61. The van der Waals surface area contributed by atoms with Gasteiger partial charge in [-0.05, 0) is 52.8 Å². The number of alkyl halides is 1. The Hall–Kier alpha value is -0.730. The van der Waals surface area contributed by atoms with E-state index in [1.54, 1.807) is 6.26 Å². The van der Waals surface area contributed by atoms with Gasteiger partial charge in [-0.15, -0.1) is 9.24 Å². The normalized spacial score (nSPS) is 14.6. The first-order chi connectivity index (χ1) is 9.43. The highest BCUT2D eigenvalue weighted by Crippen LogP contribution is 2.18. The molecule has 0 fully saturated rings. The molecule has 0 bridgehead atoms. The Kier molecular flexibility index (Phi) is 7.39. The highest BCUT2D eigenvalue weighted by molar-refractivity contribution is 9.09. The van der Waals surface area contributed by atoms with Crippen LogP contribution in [0.2, 0.25) is 0 Å². The molecule has 112 valence electrons. The van der Waals surface area contributed by atoms with Crippen LogP contribution in [0.1, 0.15) is 19.4 Å². The molecule has 20 heavy (non-hydrogen) atoms. The first-order valence-electron chi connectivity index (χ1n) is 6.60. The molecule has 1 rings (SSSR count). The fraction of sp³-hybridized carbons (Fsp3) is 0.467. The zero-order chi connectivity index (χ0) is 15.1. The van der Waals surface area contributed by atoms with E-state index >= 15 is 0 Å². The number of aryl methyl sites for hydroxylation is 1. The van der Waals surface area contributed by atoms with Crippen LogP contribution < -0.4 is 15.4 Å². The number of nitrogens with one attached hydrogen (secondary N) is 1. The maximum absolute atomic E-state index is 5.89. The van der Waals surface area contributed by atoms with Crippen LogP contribution in [-0.4, -0.2) is 18.7 Å². The maximum atomic E-state index is 5.89. The Labute approximate surface area is 132 Å². The molecular formula is C15H23BrNO2P. The molecule has 0 heterocycles. The molecule has 0 radical (unpaired) electrons. The Morgan fingerprint density at radius 1 is 1.45 bits per heavy atom. The summed E-state index contributed by atoms with van der Waals surface area (Å²) in [5, 5.41) is 4.31. The quantitative estimate of drug-likeness (QED) is 0.460. The van der Waals surface area contributed by atoms with Crippen molar-refractivity contribution in [1.29, 1.82) is 0 Å². The van der Waals surface area contributed by atoms with Crippen LogP contribution in [0.3, 0.4) is 0 Å². The van der Waals surface area contributed by atoms with E-state index in [9.17, 15) is 0 Å². The highest BCUT2D eigenvalue weighted by Gasteiger charge is 2.10. The van der Waals surface area contributed by atoms with Gasteiger partial charge in [-0.1, -0.05) is 13.0 Å². The van der Waals surface area contributed by atoms with Gasteiger partial charge in [-0.3, -0.25) is 0 Å². The van der Waals surface area contributed by atoms with Crippen molar-refractivity contribution in [1.82, 2.24) is 5.32 Å². The van der Waals surface area contributed by atoms with Gasteiger partial charge >= 0.3 is 0 Å². The van der Waals surface area contributed by atoms with E-state index in [2.05, 4.69) is 50.4 Å². The molecule has 0 spiro atoms. The Bertz CT molecular complexity index is 463. The molecule has 3 nitrogen and oxygen atoms in total. The minimum absolute atomic E-state index is 0.00388. The number of hydrogen-bond donors (Lipinski definition) is 1. The molecule has 0 amide bonds. The molecule has 0 aliphatic rings. The van der Waals surface area contributed by atoms with Crippen molar-refractivity contribution in [2.24, 2.45) is 5.92 Å². The molecule has 0 saturated carbocycles. The van der Waals surface area contributed by atoms with Crippen molar-refractivity contribution in [3.8, 4) is 5.75 Å². The summed E-state index contributed by atoms with van der Waals surface area (Å²) >= 11 is 3.35. The highest BCUT2D eigenvalue weighted by atomic mass is 79.9. The molecular weight excluding hydrogens is 337 g/mol. The Morgan fingerprint density at radius 3 is 2.70 bits per heavy atom. The lowest BCUT2D eigenvalue weighted by atomic mass is 10.1. The summed E-state index contributed by atoms with van der Waals surface area (Å²) in [6.07, 6.45) is 1.74. The van der Waals surface area contributed by atoms with Gasteiger partial charge in [0.2, 0.25) is 0 Å². The lowest BCUT2D eigenvalue weighted by Crippen LogP contribution is -2.20. The zero-order valence-corrected chi connectivity index (χ0v) is 15.2. The van der Waals surface area contributed by atoms with Crippen LogP contribution in [0.4, 0.5) is 0 Å². The molecule has 3 atom stereocenters. The summed E-state index contributed by atoms with van der Waals surface area (Å²) in [6.45, 7) is 6.68. The third kappa shape index (κ3) is 5.72. The monoisotopic (exact) mass is 359 g/mol. The summed E-state index contributed by atoms with van der Waals surface area (Å²) in [5.74, 6) is 1.15. The van der Waals surface area contributed by atoms with Crippen LogP contribution in [0.25, 0.3) is 0 Å². The average molecular weight is 360 g/mol. The van der Waals surface area contributed by atoms with E-state index in [4.69, 9.17) is 9.47 Å². The smallest absolute Gasteiger partial charge is 0.149 e. The van der Waals surface area contributed by atoms with Gasteiger partial charge in [0.05, 0.1) is 12.3 Å². The molecule has 0 aliphatic carbocycles. The second-order valence-corrected chi connectivity index (χ2v) is 6.70. The van der Waals surface area contributed by atoms with Crippen molar-refractivity contribution in [2.45, 2.75) is 25.8 Å². The summed E-state index contributed by atoms with van der Waals surface area (Å²) in [5.41, 5.74) is 2.15. The van der Waals surface area contributed by atoms with Crippen LogP contribution in [0, 0.1) is 12.8 Å². The fourth-order valence-electron chi connectivity index (χ4n) is 1.73. The molecule has 1 aromatic carbocycles. The minimum Gasteiger partial charge on any atom is -0.493 e. The van der Waals surface area contributed by atoms with Crippen LogP contribution >= 0.6 is 25.2 Å². The lowest BCUT2D eigenvalue weighted by molar-refractivity contribution is 0.227. The molecule has 1 aromatic rings. The molecule has 5 heteroatoms. The van der Waals surface area contributed by atoms with E-state index in [0.29, 0.717) is 6.61 Å². The molecule has 3 unspecified atom stereocenters. The van der Waals surface area contributed by atoms with E-state index in [1.807, 2.05) is 26.1 Å². The average Bonchev–Trinajstić information content (AvgIpc) is 2.38. The minimum atomic E-state index is -0.00388. The third-order valence-electron chi connectivity index (χ3n) is 2.89. The number of ether oxygens (including phenoxy) is 2. The van der Waals surface area contributed by atoms with Crippen molar-refractivity contribution in [3.05, 3.63) is 35.7 Å². The number of rotatable bonds is 7. The van der Waals surface area contributed by atoms with Gasteiger partial charge in [0.15, 0.2) is 0 Å². The van der Waals surface area contributed by atoms with Gasteiger partial charge in [0.25, 0.3) is 0 Å². The fourth-order valence-corrected chi connectivity index (χ4v) is 2.18. The molecule has 0 aliphatic heterocycles. The van der Waals surface area contributed by atoms with E-state index < -0.39 is 0 Å². The maximum Gasteiger partial charge on any atom is 0.149 e. The molecule has 0 saturated heterocycles. The first kappa shape index (κ1) is 17.3. The first-order valence-corrected chi connectivity index (χ1v) is 8.09. The van der Waals surface area contributed by atoms with Crippen LogP contribution in [-0.2, 0) is 4.74 Å². The summed E-state index contributed by atoms with van der Waals surface area (Å²) in [4.78, 5) is 0. The van der Waals surface area contributed by atoms with Crippen LogP contribution in [0.5, 0.6) is 5.75 Å². The predicted molar refractivity (Wildman–Crippen MR) is 91.8 cm³/mol. The van der Waals surface area contributed by atoms with Gasteiger partial charge in [0.1, 0.15) is 17.0 Å². The van der Waals surface area contributed by atoms with Crippen molar-refractivity contribution in [3.63, 3.8) is 0 Å². The van der Waals surface area contributed by atoms with Crippen molar-refractivity contribution >= 4 is 30.5 Å². The molecule has 1 N–H and O–H groups in total. The number of benzene rings is 1. The summed E-state index contributed by atoms with van der Waals surface area (Å²) in [7, 11) is 4.58. The standard InChI is InChI=1S/C15H23BrNO2P/c1-10-7-13(20)5-6-15(10)19-8-11(2)14(17-4)9-18-12(3)16/h5-7,9,11-12,17H,8,20H2,1-4H3/b14-9+. The molecule has 0 aromatic heterocycles. The van der Waals surface area contributed by atoms with Crippen molar-refractivity contribution < 1.29 is 9.47 Å². The van der Waals surface area contributed by atoms with E-state index in [0.717, 1.165) is 17.0 Å².